The zero-order valence-electron chi connectivity index (χ0n) is 21.2. The molecule has 190 valence electrons. The van der Waals surface area contributed by atoms with Gasteiger partial charge in [-0.05, 0) is 45.4 Å². The molecule has 0 aromatic carbocycles. The summed E-state index contributed by atoms with van der Waals surface area (Å²) in [5.74, 6) is 2.14. The third-order valence-electron chi connectivity index (χ3n) is 6.96. The van der Waals surface area contributed by atoms with Crippen LogP contribution < -0.4 is 15.5 Å². The topological polar surface area (TPSA) is 101 Å². The van der Waals surface area contributed by atoms with Gasteiger partial charge in [0.2, 0.25) is 5.91 Å². The average Bonchev–Trinajstić information content (AvgIpc) is 3.59. The number of ether oxygens (including phenoxy) is 1. The van der Waals surface area contributed by atoms with Crippen LogP contribution in [0.15, 0.2) is 47.7 Å². The Labute approximate surface area is 211 Å². The number of pyridine rings is 1. The summed E-state index contributed by atoms with van der Waals surface area (Å²) >= 11 is 0. The maximum atomic E-state index is 12.5. The lowest BCUT2D eigenvalue weighted by molar-refractivity contribution is -0.118. The fourth-order valence-electron chi connectivity index (χ4n) is 4.88. The lowest BCUT2D eigenvalue weighted by Crippen LogP contribution is -2.40. The standard InChI is InChI=1S/C27H34N6O3/c1-27(2,3)33-11-10-18(15-33)26(35)28-12-25(34)31-23-8-4-6-21(29-23)22-7-5-9-24(30-22)32-13-19-16-36-17-20(19)14-32/h5-7,9-11,15,19-20H,4,8,12-14,16-17H2,1-3H3,(H,28,35)(H,29,31,34)/t19-,20+. The first-order valence-corrected chi connectivity index (χ1v) is 12.6. The van der Waals surface area contributed by atoms with Gasteiger partial charge in [-0.2, -0.15) is 0 Å². The van der Waals surface area contributed by atoms with E-state index in [1.165, 1.54) is 0 Å². The number of nitrogens with zero attached hydrogens (tertiary/aromatic N) is 4. The third-order valence-corrected chi connectivity index (χ3v) is 6.96. The van der Waals surface area contributed by atoms with Gasteiger partial charge in [0.05, 0.1) is 36.7 Å². The molecule has 2 N–H and O–H groups in total. The van der Waals surface area contributed by atoms with Crippen molar-refractivity contribution < 1.29 is 14.3 Å². The molecule has 2 aromatic heterocycles. The first-order valence-electron chi connectivity index (χ1n) is 12.6. The number of fused-ring (bicyclic) bond motifs is 1. The van der Waals surface area contributed by atoms with E-state index in [1.807, 2.05) is 29.0 Å². The summed E-state index contributed by atoms with van der Waals surface area (Å²) in [6, 6.07) is 7.76. The number of carbonyl (C=O) groups is 2. The number of carbonyl (C=O) groups excluding carboxylic acids is 2. The molecule has 2 aromatic rings. The van der Waals surface area contributed by atoms with Crippen LogP contribution in [0.4, 0.5) is 5.82 Å². The van der Waals surface area contributed by atoms with E-state index in [1.54, 1.807) is 12.3 Å². The predicted molar refractivity (Wildman–Crippen MR) is 139 cm³/mol. The molecule has 5 heterocycles. The van der Waals surface area contributed by atoms with Gasteiger partial charge in [-0.15, -0.1) is 0 Å². The molecule has 0 bridgehead atoms. The molecule has 5 rings (SSSR count). The summed E-state index contributed by atoms with van der Waals surface area (Å²) in [6.07, 6.45) is 7.10. The number of hydrogen-bond donors (Lipinski definition) is 2. The highest BCUT2D eigenvalue weighted by Crippen LogP contribution is 2.32. The van der Waals surface area contributed by atoms with Crippen molar-refractivity contribution in [2.45, 2.75) is 39.2 Å². The first-order chi connectivity index (χ1) is 17.3. The summed E-state index contributed by atoms with van der Waals surface area (Å²) in [5, 5.41) is 5.54. The Morgan fingerprint density at radius 3 is 2.64 bits per heavy atom. The molecule has 2 saturated heterocycles. The molecule has 3 aliphatic rings. The van der Waals surface area contributed by atoms with E-state index in [-0.39, 0.29) is 23.9 Å². The highest BCUT2D eigenvalue weighted by Gasteiger charge is 2.37. The number of aliphatic imine (C=N–C) groups is 1. The number of nitrogens with one attached hydrogen (secondary N) is 2. The average molecular weight is 491 g/mol. The maximum absolute atomic E-state index is 12.5. The fraction of sp³-hybridized carbons (Fsp3) is 0.481. The lowest BCUT2D eigenvalue weighted by atomic mass is 10.0. The van der Waals surface area contributed by atoms with Gasteiger partial charge in [-0.1, -0.05) is 12.1 Å². The second kappa shape index (κ2) is 9.89. The van der Waals surface area contributed by atoms with E-state index in [0.29, 0.717) is 29.7 Å². The summed E-state index contributed by atoms with van der Waals surface area (Å²) in [6.45, 7) is 9.68. The fourth-order valence-corrected chi connectivity index (χ4v) is 4.88. The van der Waals surface area contributed by atoms with E-state index < -0.39 is 0 Å². The Kier molecular flexibility index (Phi) is 6.66. The molecule has 2 atom stereocenters. The van der Waals surface area contributed by atoms with Crippen LogP contribution in [0.2, 0.25) is 0 Å². The summed E-state index contributed by atoms with van der Waals surface area (Å²) in [5.41, 5.74) is 1.97. The second-order valence-electron chi connectivity index (χ2n) is 10.7. The van der Waals surface area contributed by atoms with Crippen molar-refractivity contribution in [3.8, 4) is 0 Å². The van der Waals surface area contributed by atoms with Gasteiger partial charge < -0.3 is 24.8 Å². The predicted octanol–water partition coefficient (Wildman–Crippen LogP) is 2.80. The number of aromatic nitrogens is 2. The van der Waals surface area contributed by atoms with Crippen LogP contribution in [-0.2, 0) is 15.1 Å². The monoisotopic (exact) mass is 490 g/mol. The van der Waals surface area contributed by atoms with E-state index in [2.05, 4.69) is 47.4 Å². The molecule has 0 unspecified atom stereocenters. The zero-order valence-corrected chi connectivity index (χ0v) is 21.2. The molecule has 9 heteroatoms. The number of hydrogen-bond acceptors (Lipinski definition) is 6. The smallest absolute Gasteiger partial charge is 0.253 e. The second-order valence-corrected chi connectivity index (χ2v) is 10.7. The number of amides is 2. The Balaban J connectivity index is 1.17. The Morgan fingerprint density at radius 1 is 1.14 bits per heavy atom. The molecule has 0 radical (unpaired) electrons. The first kappa shape index (κ1) is 24.2. The van der Waals surface area contributed by atoms with Crippen molar-refractivity contribution in [1.29, 1.82) is 0 Å². The molecular weight excluding hydrogens is 456 g/mol. The van der Waals surface area contributed by atoms with Gasteiger partial charge in [0.1, 0.15) is 11.7 Å². The molecule has 0 aliphatic carbocycles. The number of amidine groups is 1. The molecule has 0 spiro atoms. The van der Waals surface area contributed by atoms with Gasteiger partial charge in [0.25, 0.3) is 5.91 Å². The normalized spacial score (nSPS) is 21.6. The van der Waals surface area contributed by atoms with Crippen molar-refractivity contribution in [2.24, 2.45) is 16.8 Å². The molecular formula is C27H34N6O3. The number of anilines is 1. The van der Waals surface area contributed by atoms with E-state index >= 15 is 0 Å². The van der Waals surface area contributed by atoms with Crippen LogP contribution in [0.3, 0.4) is 0 Å². The van der Waals surface area contributed by atoms with Gasteiger partial charge in [-0.3, -0.25) is 9.59 Å². The highest BCUT2D eigenvalue weighted by atomic mass is 16.5. The van der Waals surface area contributed by atoms with Crippen LogP contribution in [0, 0.1) is 11.8 Å². The van der Waals surface area contributed by atoms with Crippen molar-refractivity contribution in [3.63, 3.8) is 0 Å². The van der Waals surface area contributed by atoms with Gasteiger partial charge in [-0.25, -0.2) is 9.98 Å². The Bertz CT molecular complexity index is 1200. The molecule has 2 amide bonds. The Morgan fingerprint density at radius 2 is 1.92 bits per heavy atom. The lowest BCUT2D eigenvalue weighted by Gasteiger charge is -2.20. The van der Waals surface area contributed by atoms with E-state index in [9.17, 15) is 9.59 Å². The van der Waals surface area contributed by atoms with Crippen molar-refractivity contribution in [2.75, 3.05) is 37.7 Å². The van der Waals surface area contributed by atoms with Gasteiger partial charge in [0, 0.05) is 49.3 Å². The van der Waals surface area contributed by atoms with Crippen molar-refractivity contribution in [1.82, 2.24) is 20.2 Å². The van der Waals surface area contributed by atoms with Crippen LogP contribution in [0.5, 0.6) is 0 Å². The van der Waals surface area contributed by atoms with Crippen molar-refractivity contribution in [3.05, 3.63) is 54.0 Å². The highest BCUT2D eigenvalue weighted by molar-refractivity contribution is 6.03. The quantitative estimate of drug-likeness (QED) is 0.671. The minimum absolute atomic E-state index is 0.114. The number of rotatable bonds is 5. The van der Waals surface area contributed by atoms with Crippen LogP contribution >= 0.6 is 0 Å². The number of allylic oxidation sites excluding steroid dienone is 1. The molecule has 3 aliphatic heterocycles. The molecule has 36 heavy (non-hydrogen) atoms. The van der Waals surface area contributed by atoms with Gasteiger partial charge >= 0.3 is 0 Å². The molecule has 0 saturated carbocycles. The minimum Gasteiger partial charge on any atom is -0.381 e. The minimum atomic E-state index is -0.300. The third kappa shape index (κ3) is 5.36. The van der Waals surface area contributed by atoms with Crippen LogP contribution in [-0.4, -0.2) is 60.0 Å². The summed E-state index contributed by atoms with van der Waals surface area (Å²) in [7, 11) is 0. The van der Waals surface area contributed by atoms with Crippen molar-refractivity contribution >= 4 is 29.2 Å². The summed E-state index contributed by atoms with van der Waals surface area (Å²) in [4.78, 5) is 36.8. The Hall–Kier alpha value is -3.46. The van der Waals surface area contributed by atoms with E-state index in [0.717, 1.165) is 49.9 Å². The molecule has 9 nitrogen and oxygen atoms in total. The van der Waals surface area contributed by atoms with Gasteiger partial charge in [0.15, 0.2) is 0 Å². The maximum Gasteiger partial charge on any atom is 0.253 e. The van der Waals surface area contributed by atoms with Crippen LogP contribution in [0.1, 0.15) is 49.7 Å². The molecule has 2 fully saturated rings. The summed E-state index contributed by atoms with van der Waals surface area (Å²) < 4.78 is 7.56. The zero-order chi connectivity index (χ0) is 25.3. The van der Waals surface area contributed by atoms with Crippen LogP contribution in [0.25, 0.3) is 5.70 Å². The largest absolute Gasteiger partial charge is 0.381 e. The van der Waals surface area contributed by atoms with E-state index in [4.69, 9.17) is 9.72 Å². The SMILES string of the molecule is CC(C)(C)n1ccc(C(=O)NCC(=O)NC2=NC(c3cccc(N4C[C@H]5COC[C@H]5C4)n3)=CCC2)c1.